The molecule has 1 aromatic heterocycles. The minimum atomic E-state index is -0.129. The van der Waals surface area contributed by atoms with Crippen LogP contribution in [0.5, 0.6) is 0 Å². The molecule has 2 N–H and O–H groups in total. The summed E-state index contributed by atoms with van der Waals surface area (Å²) in [4.78, 5) is 18.8. The van der Waals surface area contributed by atoms with E-state index in [1.54, 1.807) is 12.3 Å². The molecule has 2 aromatic rings. The van der Waals surface area contributed by atoms with Crippen LogP contribution < -0.4 is 15.5 Å². The van der Waals surface area contributed by atoms with Gasteiger partial charge in [-0.2, -0.15) is 0 Å². The molecular formula is C22H30N4O. The van der Waals surface area contributed by atoms with Gasteiger partial charge in [0, 0.05) is 31.0 Å². The number of rotatable bonds is 6. The highest BCUT2D eigenvalue weighted by molar-refractivity contribution is 5.92. The van der Waals surface area contributed by atoms with E-state index in [4.69, 9.17) is 0 Å². The summed E-state index contributed by atoms with van der Waals surface area (Å²) < 4.78 is 0. The van der Waals surface area contributed by atoms with Crippen molar-refractivity contribution in [3.63, 3.8) is 0 Å². The van der Waals surface area contributed by atoms with Crippen LogP contribution in [0.25, 0.3) is 0 Å². The van der Waals surface area contributed by atoms with E-state index < -0.39 is 0 Å². The summed E-state index contributed by atoms with van der Waals surface area (Å²) >= 11 is 0. The van der Waals surface area contributed by atoms with Gasteiger partial charge in [-0.15, -0.1) is 0 Å². The molecule has 0 saturated carbocycles. The molecule has 2 heterocycles. The van der Waals surface area contributed by atoms with E-state index >= 15 is 0 Å². The predicted molar refractivity (Wildman–Crippen MR) is 112 cm³/mol. The van der Waals surface area contributed by atoms with Crippen molar-refractivity contribution in [3.05, 3.63) is 48.3 Å². The molecule has 1 fully saturated rings. The maximum Gasteiger partial charge on any atom is 0.269 e. The first kappa shape index (κ1) is 19.2. The SMILES string of the molecule is CC(C)CNC(=O)c1ccc(Nc2ccc(N3CCC(C)CC3)cc2)cn1. The van der Waals surface area contributed by atoms with Crippen molar-refractivity contribution in [2.45, 2.75) is 33.6 Å². The van der Waals surface area contributed by atoms with E-state index in [9.17, 15) is 4.79 Å². The van der Waals surface area contributed by atoms with Crippen LogP contribution in [0.3, 0.4) is 0 Å². The van der Waals surface area contributed by atoms with Gasteiger partial charge in [0.25, 0.3) is 5.91 Å². The lowest BCUT2D eigenvalue weighted by Gasteiger charge is -2.32. The first-order valence-corrected chi connectivity index (χ1v) is 9.87. The lowest BCUT2D eigenvalue weighted by molar-refractivity contribution is 0.0944. The number of pyridine rings is 1. The van der Waals surface area contributed by atoms with Crippen LogP contribution in [0.15, 0.2) is 42.6 Å². The van der Waals surface area contributed by atoms with Crippen LogP contribution in [0.4, 0.5) is 17.1 Å². The zero-order valence-electron chi connectivity index (χ0n) is 16.5. The number of carbonyl (C=O) groups is 1. The molecule has 1 aliphatic rings. The van der Waals surface area contributed by atoms with Crippen molar-refractivity contribution in [2.24, 2.45) is 11.8 Å². The first-order chi connectivity index (χ1) is 13.0. The van der Waals surface area contributed by atoms with Crippen LogP contribution in [-0.2, 0) is 0 Å². The Balaban J connectivity index is 1.56. The Kier molecular flexibility index (Phi) is 6.32. The van der Waals surface area contributed by atoms with Gasteiger partial charge < -0.3 is 15.5 Å². The molecule has 0 spiro atoms. The summed E-state index contributed by atoms with van der Waals surface area (Å²) in [5.74, 6) is 1.13. The monoisotopic (exact) mass is 366 g/mol. The van der Waals surface area contributed by atoms with E-state index in [0.29, 0.717) is 18.2 Å². The van der Waals surface area contributed by atoms with Crippen LogP contribution in [-0.4, -0.2) is 30.5 Å². The third-order valence-corrected chi connectivity index (χ3v) is 4.97. The van der Waals surface area contributed by atoms with Gasteiger partial charge in [-0.25, -0.2) is 4.98 Å². The number of nitrogens with one attached hydrogen (secondary N) is 2. The fourth-order valence-corrected chi connectivity index (χ4v) is 3.18. The first-order valence-electron chi connectivity index (χ1n) is 9.87. The number of nitrogens with zero attached hydrogens (tertiary/aromatic N) is 2. The fourth-order valence-electron chi connectivity index (χ4n) is 3.18. The summed E-state index contributed by atoms with van der Waals surface area (Å²) in [6.07, 6.45) is 4.23. The topological polar surface area (TPSA) is 57.3 Å². The quantitative estimate of drug-likeness (QED) is 0.793. The lowest BCUT2D eigenvalue weighted by atomic mass is 9.99. The summed E-state index contributed by atoms with van der Waals surface area (Å²) in [7, 11) is 0. The van der Waals surface area contributed by atoms with Crippen LogP contribution in [0, 0.1) is 11.8 Å². The van der Waals surface area contributed by atoms with Gasteiger partial charge in [0.2, 0.25) is 0 Å². The maximum absolute atomic E-state index is 12.0. The molecule has 0 unspecified atom stereocenters. The standard InChI is InChI=1S/C22H30N4O/c1-16(2)14-24-22(27)21-9-6-19(15-23-21)25-18-4-7-20(8-5-18)26-12-10-17(3)11-13-26/h4-9,15-17,25H,10-14H2,1-3H3,(H,24,27). The maximum atomic E-state index is 12.0. The number of piperidine rings is 1. The number of amides is 1. The molecule has 1 aromatic carbocycles. The van der Waals surface area contributed by atoms with Crippen molar-refractivity contribution in [2.75, 3.05) is 29.9 Å². The van der Waals surface area contributed by atoms with Gasteiger partial charge in [0.05, 0.1) is 11.9 Å². The summed E-state index contributed by atoms with van der Waals surface area (Å²) in [5.41, 5.74) is 3.61. The van der Waals surface area contributed by atoms with Crippen molar-refractivity contribution in [1.29, 1.82) is 0 Å². The van der Waals surface area contributed by atoms with E-state index in [1.165, 1.54) is 18.5 Å². The number of benzene rings is 1. The van der Waals surface area contributed by atoms with E-state index in [2.05, 4.69) is 65.6 Å². The average molecular weight is 367 g/mol. The average Bonchev–Trinajstić information content (AvgIpc) is 2.68. The van der Waals surface area contributed by atoms with E-state index in [-0.39, 0.29) is 5.91 Å². The van der Waals surface area contributed by atoms with Gasteiger partial charge in [-0.3, -0.25) is 4.79 Å². The van der Waals surface area contributed by atoms with Crippen LogP contribution in [0.1, 0.15) is 44.1 Å². The zero-order valence-corrected chi connectivity index (χ0v) is 16.5. The normalized spacial score (nSPS) is 15.0. The highest BCUT2D eigenvalue weighted by atomic mass is 16.1. The molecule has 0 radical (unpaired) electrons. The zero-order chi connectivity index (χ0) is 19.2. The van der Waals surface area contributed by atoms with Gasteiger partial charge in [-0.1, -0.05) is 20.8 Å². The van der Waals surface area contributed by atoms with Crippen molar-refractivity contribution >= 4 is 23.0 Å². The highest BCUT2D eigenvalue weighted by Crippen LogP contribution is 2.25. The molecule has 27 heavy (non-hydrogen) atoms. The molecule has 1 aliphatic heterocycles. The molecule has 1 amide bonds. The number of hydrogen-bond acceptors (Lipinski definition) is 4. The van der Waals surface area contributed by atoms with Crippen LogP contribution >= 0.6 is 0 Å². The Morgan fingerprint density at radius 3 is 2.37 bits per heavy atom. The third-order valence-electron chi connectivity index (χ3n) is 4.97. The molecule has 144 valence electrons. The second-order valence-corrected chi connectivity index (χ2v) is 7.88. The van der Waals surface area contributed by atoms with Gasteiger partial charge >= 0.3 is 0 Å². The van der Waals surface area contributed by atoms with E-state index in [0.717, 1.165) is 30.4 Å². The minimum Gasteiger partial charge on any atom is -0.372 e. The Bertz CT molecular complexity index is 732. The van der Waals surface area contributed by atoms with Gasteiger partial charge in [0.1, 0.15) is 5.69 Å². The number of hydrogen-bond donors (Lipinski definition) is 2. The molecule has 0 aliphatic carbocycles. The largest absolute Gasteiger partial charge is 0.372 e. The third kappa shape index (κ3) is 5.46. The molecule has 3 rings (SSSR count). The minimum absolute atomic E-state index is 0.129. The Morgan fingerprint density at radius 2 is 1.78 bits per heavy atom. The number of anilines is 3. The van der Waals surface area contributed by atoms with Crippen molar-refractivity contribution in [1.82, 2.24) is 10.3 Å². The highest BCUT2D eigenvalue weighted by Gasteiger charge is 2.15. The fraction of sp³-hybridized carbons (Fsp3) is 0.455. The predicted octanol–water partition coefficient (Wildman–Crippen LogP) is 4.45. The number of aromatic nitrogens is 1. The van der Waals surface area contributed by atoms with Gasteiger partial charge in [-0.05, 0) is 61.1 Å². The van der Waals surface area contributed by atoms with E-state index in [1.807, 2.05) is 6.07 Å². The molecule has 5 heteroatoms. The molecule has 0 atom stereocenters. The molecule has 5 nitrogen and oxygen atoms in total. The Hall–Kier alpha value is -2.56. The second kappa shape index (κ2) is 8.89. The smallest absolute Gasteiger partial charge is 0.269 e. The van der Waals surface area contributed by atoms with Crippen molar-refractivity contribution in [3.8, 4) is 0 Å². The number of carbonyl (C=O) groups excluding carboxylic acids is 1. The molecule has 1 saturated heterocycles. The molecule has 0 bridgehead atoms. The lowest BCUT2D eigenvalue weighted by Crippen LogP contribution is -2.32. The van der Waals surface area contributed by atoms with Crippen LogP contribution in [0.2, 0.25) is 0 Å². The Labute approximate surface area is 162 Å². The Morgan fingerprint density at radius 1 is 1.11 bits per heavy atom. The second-order valence-electron chi connectivity index (χ2n) is 7.88. The van der Waals surface area contributed by atoms with Gasteiger partial charge in [0.15, 0.2) is 0 Å². The summed E-state index contributed by atoms with van der Waals surface area (Å²) in [6, 6.07) is 12.2. The summed E-state index contributed by atoms with van der Waals surface area (Å²) in [5, 5.41) is 6.23. The van der Waals surface area contributed by atoms with Crippen molar-refractivity contribution < 1.29 is 4.79 Å². The molecular weight excluding hydrogens is 336 g/mol. The summed E-state index contributed by atoms with van der Waals surface area (Å²) in [6.45, 7) is 9.40.